The van der Waals surface area contributed by atoms with Crippen molar-refractivity contribution in [3.8, 4) is 0 Å². The highest BCUT2D eigenvalue weighted by atomic mass is 35.5. The summed E-state index contributed by atoms with van der Waals surface area (Å²) in [6, 6.07) is 1.88. The van der Waals surface area contributed by atoms with Crippen molar-refractivity contribution in [1.29, 1.82) is 0 Å². The minimum atomic E-state index is 0.747. The molecule has 0 spiro atoms. The van der Waals surface area contributed by atoms with Crippen molar-refractivity contribution < 1.29 is 0 Å². The van der Waals surface area contributed by atoms with E-state index in [0.29, 0.717) is 0 Å². The third kappa shape index (κ3) is 1.90. The van der Waals surface area contributed by atoms with Crippen LogP contribution in [0.4, 0.5) is 0 Å². The highest BCUT2D eigenvalue weighted by molar-refractivity contribution is 6.25. The quantitative estimate of drug-likeness (QED) is 0.614. The van der Waals surface area contributed by atoms with Gasteiger partial charge in [-0.25, -0.2) is 0 Å². The van der Waals surface area contributed by atoms with Gasteiger partial charge >= 0.3 is 0 Å². The number of aromatic nitrogens is 2. The van der Waals surface area contributed by atoms with E-state index >= 15 is 0 Å². The average molecular weight is 143 g/mol. The molecule has 1 aromatic heterocycles. The Morgan fingerprint density at radius 3 is 3.11 bits per heavy atom. The topological polar surface area (TPSA) is 17.8 Å². The number of allylic oxidation sites excluding steroid dienone is 1. The van der Waals surface area contributed by atoms with Gasteiger partial charge in [0.15, 0.2) is 0 Å². The number of halogens is 1. The van der Waals surface area contributed by atoms with Crippen molar-refractivity contribution in [3.63, 3.8) is 0 Å². The molecule has 1 heterocycles. The number of hydrogen-bond acceptors (Lipinski definition) is 1. The molecular formula is C6H7ClN2. The summed E-state index contributed by atoms with van der Waals surface area (Å²) >= 11 is 5.30. The van der Waals surface area contributed by atoms with Gasteiger partial charge in [-0.15, -0.1) is 0 Å². The lowest BCUT2D eigenvalue weighted by molar-refractivity contribution is 0.702. The van der Waals surface area contributed by atoms with E-state index in [1.807, 2.05) is 18.3 Å². The molecule has 3 heteroatoms. The summed E-state index contributed by atoms with van der Waals surface area (Å²) in [5.41, 5.74) is 1.49. The fourth-order valence-corrected chi connectivity index (χ4v) is 0.636. The Labute approximate surface area is 58.7 Å². The van der Waals surface area contributed by atoms with Crippen LogP contribution in [0, 0.1) is 0 Å². The van der Waals surface area contributed by atoms with Crippen LogP contribution in [0.5, 0.6) is 0 Å². The van der Waals surface area contributed by atoms with Gasteiger partial charge in [-0.3, -0.25) is 4.68 Å². The Balaban J connectivity index is 2.48. The Bertz CT molecular complexity index is 179. The fraction of sp³-hybridized carbons (Fsp3) is 0.167. The third-order valence-corrected chi connectivity index (χ3v) is 1.12. The highest BCUT2D eigenvalue weighted by Gasteiger charge is 1.81. The van der Waals surface area contributed by atoms with Crippen LogP contribution < -0.4 is 0 Å². The second-order valence-electron chi connectivity index (χ2n) is 1.59. The van der Waals surface area contributed by atoms with Gasteiger partial charge in [-0.2, -0.15) is 5.10 Å². The van der Waals surface area contributed by atoms with E-state index in [2.05, 4.69) is 5.10 Å². The minimum absolute atomic E-state index is 0.747. The smallest absolute Gasteiger partial charge is 0.0601 e. The lowest BCUT2D eigenvalue weighted by Gasteiger charge is -1.90. The number of rotatable bonds is 2. The first-order valence-corrected chi connectivity index (χ1v) is 3.10. The summed E-state index contributed by atoms with van der Waals surface area (Å²) in [7, 11) is 0. The van der Waals surface area contributed by atoms with Crippen LogP contribution in [-0.4, -0.2) is 9.78 Å². The van der Waals surface area contributed by atoms with E-state index in [-0.39, 0.29) is 0 Å². The Morgan fingerprint density at radius 2 is 2.56 bits per heavy atom. The molecule has 1 rings (SSSR count). The van der Waals surface area contributed by atoms with Crippen LogP contribution in [0.3, 0.4) is 0 Å². The Morgan fingerprint density at radius 1 is 1.67 bits per heavy atom. The van der Waals surface area contributed by atoms with Gasteiger partial charge in [0.1, 0.15) is 0 Å². The van der Waals surface area contributed by atoms with Gasteiger partial charge in [0.05, 0.1) is 6.54 Å². The van der Waals surface area contributed by atoms with Crippen molar-refractivity contribution >= 4 is 11.6 Å². The van der Waals surface area contributed by atoms with Crippen LogP contribution >= 0.6 is 11.6 Å². The van der Waals surface area contributed by atoms with E-state index in [4.69, 9.17) is 11.6 Å². The molecule has 0 atom stereocenters. The van der Waals surface area contributed by atoms with Gasteiger partial charge in [0.2, 0.25) is 0 Å². The molecular weight excluding hydrogens is 136 g/mol. The molecule has 0 fully saturated rings. The number of nitrogens with zero attached hydrogens (tertiary/aromatic N) is 2. The molecule has 2 nitrogen and oxygen atoms in total. The summed E-state index contributed by atoms with van der Waals surface area (Å²) in [5, 5.41) is 3.96. The van der Waals surface area contributed by atoms with Gasteiger partial charge < -0.3 is 0 Å². The first kappa shape index (κ1) is 6.36. The largest absolute Gasteiger partial charge is 0.269 e. The molecule has 0 saturated carbocycles. The maximum Gasteiger partial charge on any atom is 0.0601 e. The van der Waals surface area contributed by atoms with Crippen LogP contribution in [0.1, 0.15) is 0 Å². The molecule has 0 aliphatic carbocycles. The second-order valence-corrected chi connectivity index (χ2v) is 1.84. The molecule has 9 heavy (non-hydrogen) atoms. The first-order valence-electron chi connectivity index (χ1n) is 2.66. The lowest BCUT2D eigenvalue weighted by atomic mass is 10.6. The summed E-state index contributed by atoms with van der Waals surface area (Å²) in [6.07, 6.45) is 5.45. The van der Waals surface area contributed by atoms with Crippen LogP contribution in [0.2, 0.25) is 0 Å². The summed E-state index contributed by atoms with van der Waals surface area (Å²) in [6.45, 7) is 0.747. The van der Waals surface area contributed by atoms with E-state index in [1.54, 1.807) is 10.9 Å². The highest BCUT2D eigenvalue weighted by Crippen LogP contribution is 1.86. The predicted molar refractivity (Wildman–Crippen MR) is 37.2 cm³/mol. The maximum absolute atomic E-state index is 5.30. The van der Waals surface area contributed by atoms with Crippen LogP contribution in [0.15, 0.2) is 30.1 Å². The fourth-order valence-electron chi connectivity index (χ4n) is 0.556. The monoisotopic (exact) mass is 142 g/mol. The molecule has 0 aromatic carbocycles. The molecule has 0 N–H and O–H groups in total. The normalized spacial score (nSPS) is 10.8. The number of hydrogen-bond donors (Lipinski definition) is 0. The summed E-state index contributed by atoms with van der Waals surface area (Å²) in [4.78, 5) is 0. The molecule has 0 amide bonds. The van der Waals surface area contributed by atoms with Crippen molar-refractivity contribution in [2.24, 2.45) is 0 Å². The van der Waals surface area contributed by atoms with E-state index in [0.717, 1.165) is 6.54 Å². The van der Waals surface area contributed by atoms with Crippen molar-refractivity contribution in [1.82, 2.24) is 9.78 Å². The van der Waals surface area contributed by atoms with Crippen molar-refractivity contribution in [2.75, 3.05) is 0 Å². The standard InChI is InChI=1S/C6H7ClN2/c7-3-1-5-9-6-2-4-8-9/h1-4,6H,5H2/b3-1+. The molecule has 0 aliphatic rings. The van der Waals surface area contributed by atoms with Gasteiger partial charge in [0, 0.05) is 17.9 Å². The van der Waals surface area contributed by atoms with Crippen molar-refractivity contribution in [2.45, 2.75) is 6.54 Å². The lowest BCUT2D eigenvalue weighted by Crippen LogP contribution is -1.93. The third-order valence-electron chi connectivity index (χ3n) is 0.941. The molecule has 0 aliphatic heterocycles. The molecule has 0 unspecified atom stereocenters. The second kappa shape index (κ2) is 3.30. The first-order chi connectivity index (χ1) is 4.43. The van der Waals surface area contributed by atoms with Gasteiger partial charge in [0.25, 0.3) is 0 Å². The van der Waals surface area contributed by atoms with Gasteiger partial charge in [-0.05, 0) is 6.07 Å². The van der Waals surface area contributed by atoms with Crippen LogP contribution in [-0.2, 0) is 6.54 Å². The Hall–Kier alpha value is -0.760. The minimum Gasteiger partial charge on any atom is -0.269 e. The summed E-state index contributed by atoms with van der Waals surface area (Å²) < 4.78 is 1.79. The molecule has 0 bridgehead atoms. The summed E-state index contributed by atoms with van der Waals surface area (Å²) in [5.74, 6) is 0. The van der Waals surface area contributed by atoms with Crippen LogP contribution in [0.25, 0.3) is 0 Å². The maximum atomic E-state index is 5.30. The zero-order valence-electron chi connectivity index (χ0n) is 4.87. The molecule has 0 saturated heterocycles. The van der Waals surface area contributed by atoms with E-state index in [1.165, 1.54) is 5.54 Å². The SMILES string of the molecule is Cl/C=C/Cn1cccn1. The molecule has 1 aromatic rings. The van der Waals surface area contributed by atoms with Crippen molar-refractivity contribution in [3.05, 3.63) is 30.1 Å². The zero-order chi connectivity index (χ0) is 6.53. The van der Waals surface area contributed by atoms with Gasteiger partial charge in [-0.1, -0.05) is 17.7 Å². The predicted octanol–water partition coefficient (Wildman–Crippen LogP) is 1.64. The Kier molecular flexibility index (Phi) is 2.33. The molecule has 0 radical (unpaired) electrons. The average Bonchev–Trinajstić information content (AvgIpc) is 2.34. The van der Waals surface area contributed by atoms with E-state index < -0.39 is 0 Å². The van der Waals surface area contributed by atoms with E-state index in [9.17, 15) is 0 Å². The zero-order valence-corrected chi connectivity index (χ0v) is 5.62. The molecule has 48 valence electrons.